The molecule has 0 aliphatic rings. The Labute approximate surface area is 82.4 Å². The summed E-state index contributed by atoms with van der Waals surface area (Å²) < 4.78 is 5.41. The molecular weight excluding hydrogens is 178 g/mol. The highest BCUT2D eigenvalue weighted by atomic mass is 16.3. The lowest BCUT2D eigenvalue weighted by atomic mass is 10.0. The van der Waals surface area contributed by atoms with Gasteiger partial charge in [0, 0.05) is 19.4 Å². The van der Waals surface area contributed by atoms with Gasteiger partial charge >= 0.3 is 0 Å². The molecule has 1 heterocycles. The fourth-order valence-electron chi connectivity index (χ4n) is 1.58. The Morgan fingerprint density at radius 2 is 2.29 bits per heavy atom. The molecule has 2 aromatic rings. The molecule has 0 saturated carbocycles. The smallest absolute Gasteiger partial charge is 0.192 e. The van der Waals surface area contributed by atoms with E-state index in [-0.39, 0.29) is 12.5 Å². The number of oxazole rings is 1. The molecule has 1 atom stereocenters. The van der Waals surface area contributed by atoms with Gasteiger partial charge in [-0.15, -0.1) is 0 Å². The van der Waals surface area contributed by atoms with Gasteiger partial charge in [0.15, 0.2) is 11.5 Å². The highest BCUT2D eigenvalue weighted by Crippen LogP contribution is 2.25. The number of hydrogen-bond donors (Lipinski definition) is 1. The van der Waals surface area contributed by atoms with Gasteiger partial charge in [-0.25, -0.2) is 4.98 Å². The number of benzene rings is 1. The van der Waals surface area contributed by atoms with E-state index >= 15 is 0 Å². The SMILES string of the molecule is Cc1nc2c(C(C)CO)cccc2o1. The molecule has 1 aromatic carbocycles. The first-order valence-corrected chi connectivity index (χ1v) is 4.69. The van der Waals surface area contributed by atoms with Gasteiger partial charge in [0.25, 0.3) is 0 Å². The molecule has 0 spiro atoms. The molecule has 14 heavy (non-hydrogen) atoms. The fourth-order valence-corrected chi connectivity index (χ4v) is 1.58. The number of aliphatic hydroxyl groups excluding tert-OH is 1. The summed E-state index contributed by atoms with van der Waals surface area (Å²) in [5.41, 5.74) is 2.70. The van der Waals surface area contributed by atoms with Gasteiger partial charge in [0.05, 0.1) is 0 Å². The number of para-hydroxylation sites is 1. The summed E-state index contributed by atoms with van der Waals surface area (Å²) in [6.07, 6.45) is 0. The molecule has 3 nitrogen and oxygen atoms in total. The monoisotopic (exact) mass is 191 g/mol. The predicted octanol–water partition coefficient (Wildman–Crippen LogP) is 2.23. The molecule has 0 amide bonds. The third-order valence-electron chi connectivity index (χ3n) is 2.36. The van der Waals surface area contributed by atoms with Gasteiger partial charge in [0.2, 0.25) is 0 Å². The van der Waals surface area contributed by atoms with Crippen LogP contribution in [0.15, 0.2) is 22.6 Å². The zero-order valence-electron chi connectivity index (χ0n) is 8.32. The molecule has 0 aliphatic carbocycles. The maximum absolute atomic E-state index is 9.10. The topological polar surface area (TPSA) is 46.3 Å². The van der Waals surface area contributed by atoms with Gasteiger partial charge in [-0.3, -0.25) is 0 Å². The highest BCUT2D eigenvalue weighted by molar-refractivity contribution is 5.77. The van der Waals surface area contributed by atoms with E-state index in [1.54, 1.807) is 0 Å². The van der Waals surface area contributed by atoms with E-state index in [0.717, 1.165) is 16.7 Å². The Balaban J connectivity index is 2.64. The quantitative estimate of drug-likeness (QED) is 0.791. The summed E-state index contributed by atoms with van der Waals surface area (Å²) in [4.78, 5) is 4.30. The van der Waals surface area contributed by atoms with Crippen LogP contribution >= 0.6 is 0 Å². The number of nitrogens with zero attached hydrogens (tertiary/aromatic N) is 1. The summed E-state index contributed by atoms with van der Waals surface area (Å²) in [6, 6.07) is 5.79. The summed E-state index contributed by atoms with van der Waals surface area (Å²) in [6.45, 7) is 3.93. The zero-order chi connectivity index (χ0) is 10.1. The number of aryl methyl sites for hydroxylation is 1. The molecule has 1 N–H and O–H groups in total. The van der Waals surface area contributed by atoms with Gasteiger partial charge in [-0.1, -0.05) is 19.1 Å². The van der Waals surface area contributed by atoms with E-state index in [2.05, 4.69) is 4.98 Å². The number of aliphatic hydroxyl groups is 1. The van der Waals surface area contributed by atoms with Crippen molar-refractivity contribution >= 4 is 11.1 Å². The van der Waals surface area contributed by atoms with Crippen LogP contribution in [0.4, 0.5) is 0 Å². The number of hydrogen-bond acceptors (Lipinski definition) is 3. The first kappa shape index (κ1) is 9.21. The Hall–Kier alpha value is -1.35. The van der Waals surface area contributed by atoms with Gasteiger partial charge in [-0.05, 0) is 11.6 Å². The largest absolute Gasteiger partial charge is 0.441 e. The second-order valence-corrected chi connectivity index (χ2v) is 3.51. The lowest BCUT2D eigenvalue weighted by Crippen LogP contribution is -1.99. The molecule has 0 radical (unpaired) electrons. The Kier molecular flexibility index (Phi) is 2.25. The lowest BCUT2D eigenvalue weighted by Gasteiger charge is -2.07. The van der Waals surface area contributed by atoms with E-state index in [9.17, 15) is 0 Å². The molecule has 74 valence electrons. The highest BCUT2D eigenvalue weighted by Gasteiger charge is 2.11. The van der Waals surface area contributed by atoms with Gasteiger partial charge < -0.3 is 9.52 Å². The average molecular weight is 191 g/mol. The molecule has 3 heteroatoms. The zero-order valence-corrected chi connectivity index (χ0v) is 8.32. The molecular formula is C11H13NO2. The number of aromatic nitrogens is 1. The third-order valence-corrected chi connectivity index (χ3v) is 2.36. The standard InChI is InChI=1S/C11H13NO2/c1-7(6-13)9-4-3-5-10-11(9)12-8(2)14-10/h3-5,7,13H,6H2,1-2H3. The van der Waals surface area contributed by atoms with Crippen molar-refractivity contribution in [2.45, 2.75) is 19.8 Å². The number of fused-ring (bicyclic) bond motifs is 1. The molecule has 0 fully saturated rings. The van der Waals surface area contributed by atoms with Crippen LogP contribution < -0.4 is 0 Å². The van der Waals surface area contributed by atoms with Crippen molar-refractivity contribution in [1.82, 2.24) is 4.98 Å². The first-order valence-electron chi connectivity index (χ1n) is 4.69. The fraction of sp³-hybridized carbons (Fsp3) is 0.364. The Bertz CT molecular complexity index is 447. The summed E-state index contributed by atoms with van der Waals surface area (Å²) in [5.74, 6) is 0.765. The van der Waals surface area contributed by atoms with Crippen LogP contribution in [-0.4, -0.2) is 16.7 Å². The minimum atomic E-state index is 0.100. The van der Waals surface area contributed by atoms with Crippen molar-refractivity contribution in [2.75, 3.05) is 6.61 Å². The van der Waals surface area contributed by atoms with E-state index < -0.39 is 0 Å². The van der Waals surface area contributed by atoms with Crippen molar-refractivity contribution in [1.29, 1.82) is 0 Å². The van der Waals surface area contributed by atoms with E-state index in [0.29, 0.717) is 5.89 Å². The summed E-state index contributed by atoms with van der Waals surface area (Å²) >= 11 is 0. The molecule has 1 unspecified atom stereocenters. The van der Waals surface area contributed by atoms with E-state index in [1.807, 2.05) is 32.0 Å². The van der Waals surface area contributed by atoms with Crippen LogP contribution in [0.3, 0.4) is 0 Å². The van der Waals surface area contributed by atoms with Gasteiger partial charge in [-0.2, -0.15) is 0 Å². The summed E-state index contributed by atoms with van der Waals surface area (Å²) in [5, 5.41) is 9.10. The molecule has 0 bridgehead atoms. The van der Waals surface area contributed by atoms with Crippen molar-refractivity contribution < 1.29 is 9.52 Å². The Morgan fingerprint density at radius 1 is 1.50 bits per heavy atom. The van der Waals surface area contributed by atoms with Crippen LogP contribution in [0.5, 0.6) is 0 Å². The van der Waals surface area contributed by atoms with Gasteiger partial charge in [0.1, 0.15) is 5.52 Å². The molecule has 0 aliphatic heterocycles. The minimum Gasteiger partial charge on any atom is -0.441 e. The Morgan fingerprint density at radius 3 is 3.00 bits per heavy atom. The lowest BCUT2D eigenvalue weighted by molar-refractivity contribution is 0.273. The van der Waals surface area contributed by atoms with Crippen molar-refractivity contribution in [2.24, 2.45) is 0 Å². The van der Waals surface area contributed by atoms with Crippen molar-refractivity contribution in [3.63, 3.8) is 0 Å². The first-order chi connectivity index (χ1) is 6.72. The number of rotatable bonds is 2. The second-order valence-electron chi connectivity index (χ2n) is 3.51. The maximum Gasteiger partial charge on any atom is 0.192 e. The molecule has 2 rings (SSSR count). The van der Waals surface area contributed by atoms with Crippen LogP contribution in [0.1, 0.15) is 24.3 Å². The van der Waals surface area contributed by atoms with E-state index in [4.69, 9.17) is 9.52 Å². The van der Waals surface area contributed by atoms with Crippen molar-refractivity contribution in [3.8, 4) is 0 Å². The van der Waals surface area contributed by atoms with Crippen LogP contribution in [0.25, 0.3) is 11.1 Å². The molecule has 0 saturated heterocycles. The minimum absolute atomic E-state index is 0.100. The van der Waals surface area contributed by atoms with E-state index in [1.165, 1.54) is 0 Å². The summed E-state index contributed by atoms with van der Waals surface area (Å²) in [7, 11) is 0. The van der Waals surface area contributed by atoms with Crippen LogP contribution in [0.2, 0.25) is 0 Å². The average Bonchev–Trinajstić information content (AvgIpc) is 2.56. The molecule has 1 aromatic heterocycles. The van der Waals surface area contributed by atoms with Crippen LogP contribution in [0, 0.1) is 6.92 Å². The normalized spacial score (nSPS) is 13.4. The predicted molar refractivity (Wildman–Crippen MR) is 54.2 cm³/mol. The third kappa shape index (κ3) is 1.40. The second kappa shape index (κ2) is 3.42. The van der Waals surface area contributed by atoms with Crippen molar-refractivity contribution in [3.05, 3.63) is 29.7 Å². The maximum atomic E-state index is 9.10. The van der Waals surface area contributed by atoms with Crippen LogP contribution in [-0.2, 0) is 0 Å².